The number of carboxylic acid groups (broad SMARTS) is 1. The second kappa shape index (κ2) is 6.57. The zero-order valence-corrected chi connectivity index (χ0v) is 12.1. The average molecular weight is 284 g/mol. The molecule has 104 valence electrons. The Labute approximate surface area is 118 Å². The van der Waals surface area contributed by atoms with E-state index in [2.05, 4.69) is 0 Å². The minimum atomic E-state index is -1.01. The molecule has 0 aliphatic carbocycles. The van der Waals surface area contributed by atoms with Gasteiger partial charge >= 0.3 is 5.97 Å². The highest BCUT2D eigenvalue weighted by Gasteiger charge is 2.23. The van der Waals surface area contributed by atoms with Crippen LogP contribution < -0.4 is 0 Å². The van der Waals surface area contributed by atoms with Crippen molar-refractivity contribution >= 4 is 23.5 Å². The van der Waals surface area contributed by atoms with E-state index in [9.17, 15) is 9.59 Å². The third-order valence-corrected chi connectivity index (χ3v) is 3.52. The Morgan fingerprint density at radius 1 is 1.42 bits per heavy atom. The molecule has 5 heteroatoms. The Hall–Kier alpha value is -1.55. The second-order valence-corrected chi connectivity index (χ2v) is 4.96. The van der Waals surface area contributed by atoms with Crippen LogP contribution in [0.5, 0.6) is 0 Å². The number of benzene rings is 1. The zero-order chi connectivity index (χ0) is 14.6. The molecule has 0 heterocycles. The first kappa shape index (κ1) is 15.5. The minimum absolute atomic E-state index is 0.125. The molecule has 0 saturated carbocycles. The smallest absolute Gasteiger partial charge is 0.323 e. The number of aliphatic carboxylic acids is 1. The molecule has 1 unspecified atom stereocenters. The maximum absolute atomic E-state index is 12.4. The molecule has 0 saturated heterocycles. The summed E-state index contributed by atoms with van der Waals surface area (Å²) in [6.45, 7) is 5.27. The molecular formula is C14H18ClNO3. The Morgan fingerprint density at radius 3 is 2.53 bits per heavy atom. The molecule has 0 fully saturated rings. The summed E-state index contributed by atoms with van der Waals surface area (Å²) in [7, 11) is 0. The molecule has 0 aliphatic heterocycles. The number of hydrogen-bond acceptors (Lipinski definition) is 2. The van der Waals surface area contributed by atoms with Crippen molar-refractivity contribution in [1.29, 1.82) is 0 Å². The number of rotatable bonds is 5. The lowest BCUT2D eigenvalue weighted by molar-refractivity contribution is -0.138. The van der Waals surface area contributed by atoms with Crippen molar-refractivity contribution in [2.75, 3.05) is 6.54 Å². The SMILES string of the molecule is CCC(C)N(CC(=O)O)C(=O)c1ccc(Cl)c(C)c1. The molecule has 1 amide bonds. The Kier molecular flexibility index (Phi) is 5.36. The predicted molar refractivity (Wildman–Crippen MR) is 74.6 cm³/mol. The molecule has 19 heavy (non-hydrogen) atoms. The van der Waals surface area contributed by atoms with Gasteiger partial charge < -0.3 is 10.0 Å². The van der Waals surface area contributed by atoms with Gasteiger partial charge in [0.15, 0.2) is 0 Å². The number of aryl methyl sites for hydroxylation is 1. The zero-order valence-electron chi connectivity index (χ0n) is 11.3. The van der Waals surface area contributed by atoms with Crippen molar-refractivity contribution in [2.24, 2.45) is 0 Å². The van der Waals surface area contributed by atoms with Gasteiger partial charge in [-0.2, -0.15) is 0 Å². The third kappa shape index (κ3) is 3.96. The summed E-state index contributed by atoms with van der Waals surface area (Å²) in [5, 5.41) is 9.50. The van der Waals surface area contributed by atoms with Crippen LogP contribution in [0.1, 0.15) is 36.2 Å². The second-order valence-electron chi connectivity index (χ2n) is 4.55. The monoisotopic (exact) mass is 283 g/mol. The van der Waals surface area contributed by atoms with Crippen LogP contribution in [-0.4, -0.2) is 34.5 Å². The van der Waals surface area contributed by atoms with E-state index in [1.54, 1.807) is 18.2 Å². The molecule has 1 rings (SSSR count). The van der Waals surface area contributed by atoms with E-state index >= 15 is 0 Å². The number of carboxylic acids is 1. The standard InChI is InChI=1S/C14H18ClNO3/c1-4-10(3)16(8-13(17)18)14(19)11-5-6-12(15)9(2)7-11/h5-7,10H,4,8H2,1-3H3,(H,17,18). The molecule has 1 aromatic rings. The molecule has 1 N–H and O–H groups in total. The highest BCUT2D eigenvalue weighted by Crippen LogP contribution is 2.18. The quantitative estimate of drug-likeness (QED) is 0.904. The van der Waals surface area contributed by atoms with Gasteiger partial charge in [0, 0.05) is 16.6 Å². The van der Waals surface area contributed by atoms with Gasteiger partial charge in [0.2, 0.25) is 0 Å². The van der Waals surface area contributed by atoms with Crippen molar-refractivity contribution in [3.8, 4) is 0 Å². The van der Waals surface area contributed by atoms with E-state index in [0.29, 0.717) is 17.0 Å². The molecule has 0 spiro atoms. The van der Waals surface area contributed by atoms with Crippen LogP contribution in [0.25, 0.3) is 0 Å². The fraction of sp³-hybridized carbons (Fsp3) is 0.429. The number of hydrogen-bond donors (Lipinski definition) is 1. The van der Waals surface area contributed by atoms with E-state index in [-0.39, 0.29) is 18.5 Å². The van der Waals surface area contributed by atoms with Crippen molar-refractivity contribution in [2.45, 2.75) is 33.2 Å². The van der Waals surface area contributed by atoms with Crippen molar-refractivity contribution in [3.05, 3.63) is 34.3 Å². The summed E-state index contributed by atoms with van der Waals surface area (Å²) in [6.07, 6.45) is 0.700. The molecule has 0 radical (unpaired) electrons. The van der Waals surface area contributed by atoms with Gasteiger partial charge in [0.25, 0.3) is 5.91 Å². The summed E-state index contributed by atoms with van der Waals surface area (Å²) in [6, 6.07) is 4.83. The van der Waals surface area contributed by atoms with Crippen LogP contribution in [0.2, 0.25) is 5.02 Å². The molecule has 1 aromatic carbocycles. The van der Waals surface area contributed by atoms with Gasteiger partial charge in [-0.25, -0.2) is 0 Å². The predicted octanol–water partition coefficient (Wildman–Crippen LogP) is 2.97. The van der Waals surface area contributed by atoms with Gasteiger partial charge in [-0.3, -0.25) is 9.59 Å². The van der Waals surface area contributed by atoms with E-state index in [1.165, 1.54) is 4.90 Å². The number of halogens is 1. The Morgan fingerprint density at radius 2 is 2.05 bits per heavy atom. The number of carbonyl (C=O) groups excluding carboxylic acids is 1. The van der Waals surface area contributed by atoms with Crippen LogP contribution in [0.15, 0.2) is 18.2 Å². The van der Waals surface area contributed by atoms with Crippen LogP contribution in [-0.2, 0) is 4.79 Å². The van der Waals surface area contributed by atoms with E-state index in [1.807, 2.05) is 20.8 Å². The summed E-state index contributed by atoms with van der Waals surface area (Å²) in [5.41, 5.74) is 1.26. The molecule has 0 aromatic heterocycles. The fourth-order valence-electron chi connectivity index (χ4n) is 1.74. The lowest BCUT2D eigenvalue weighted by Crippen LogP contribution is -2.41. The van der Waals surface area contributed by atoms with E-state index in [4.69, 9.17) is 16.7 Å². The van der Waals surface area contributed by atoms with Crippen LogP contribution in [0.3, 0.4) is 0 Å². The third-order valence-electron chi connectivity index (χ3n) is 3.09. The molecular weight excluding hydrogens is 266 g/mol. The molecule has 4 nitrogen and oxygen atoms in total. The highest BCUT2D eigenvalue weighted by atomic mass is 35.5. The molecule has 1 atom stereocenters. The first-order valence-electron chi connectivity index (χ1n) is 6.15. The van der Waals surface area contributed by atoms with Crippen molar-refractivity contribution < 1.29 is 14.7 Å². The van der Waals surface area contributed by atoms with Crippen LogP contribution in [0, 0.1) is 6.92 Å². The summed E-state index contributed by atoms with van der Waals surface area (Å²) < 4.78 is 0. The van der Waals surface area contributed by atoms with Crippen molar-refractivity contribution in [3.63, 3.8) is 0 Å². The van der Waals surface area contributed by atoms with Gasteiger partial charge in [0.1, 0.15) is 6.54 Å². The lowest BCUT2D eigenvalue weighted by atomic mass is 10.1. The van der Waals surface area contributed by atoms with Crippen LogP contribution in [0.4, 0.5) is 0 Å². The van der Waals surface area contributed by atoms with E-state index in [0.717, 1.165) is 5.56 Å². The minimum Gasteiger partial charge on any atom is -0.480 e. The summed E-state index contributed by atoms with van der Waals surface area (Å²) in [5.74, 6) is -1.30. The largest absolute Gasteiger partial charge is 0.480 e. The maximum Gasteiger partial charge on any atom is 0.323 e. The Balaban J connectivity index is 3.04. The van der Waals surface area contributed by atoms with E-state index < -0.39 is 5.97 Å². The van der Waals surface area contributed by atoms with Gasteiger partial charge in [-0.05, 0) is 44.0 Å². The van der Waals surface area contributed by atoms with Crippen LogP contribution >= 0.6 is 11.6 Å². The van der Waals surface area contributed by atoms with Crippen molar-refractivity contribution in [1.82, 2.24) is 4.90 Å². The topological polar surface area (TPSA) is 57.6 Å². The van der Waals surface area contributed by atoms with Gasteiger partial charge in [0.05, 0.1) is 0 Å². The molecule has 0 bridgehead atoms. The summed E-state index contributed by atoms with van der Waals surface area (Å²) >= 11 is 5.92. The highest BCUT2D eigenvalue weighted by molar-refractivity contribution is 6.31. The summed E-state index contributed by atoms with van der Waals surface area (Å²) in [4.78, 5) is 24.6. The van der Waals surface area contributed by atoms with Gasteiger partial charge in [-0.15, -0.1) is 0 Å². The average Bonchev–Trinajstić information content (AvgIpc) is 2.37. The normalized spacial score (nSPS) is 12.0. The first-order valence-corrected chi connectivity index (χ1v) is 6.53. The lowest BCUT2D eigenvalue weighted by Gasteiger charge is -2.27. The number of carbonyl (C=O) groups is 2. The van der Waals surface area contributed by atoms with Gasteiger partial charge in [-0.1, -0.05) is 18.5 Å². The fourth-order valence-corrected chi connectivity index (χ4v) is 1.86. The number of amides is 1. The number of nitrogens with zero attached hydrogens (tertiary/aromatic N) is 1. The maximum atomic E-state index is 12.4. The molecule has 0 aliphatic rings. The first-order chi connectivity index (χ1) is 8.86. The Bertz CT molecular complexity index is 488.